The van der Waals surface area contributed by atoms with Crippen molar-refractivity contribution in [3.8, 4) is 5.75 Å². The van der Waals surface area contributed by atoms with Gasteiger partial charge in [-0.2, -0.15) is 0 Å². The van der Waals surface area contributed by atoms with Crippen LogP contribution in [0.15, 0.2) is 24.3 Å². The lowest BCUT2D eigenvalue weighted by atomic mass is 9.86. The molecule has 2 rings (SSSR count). The van der Waals surface area contributed by atoms with Gasteiger partial charge < -0.3 is 15.8 Å². The predicted octanol–water partition coefficient (Wildman–Crippen LogP) is 1.41. The Hall–Kier alpha value is -1.55. The van der Waals surface area contributed by atoms with E-state index in [1.165, 1.54) is 5.56 Å². The maximum atomic E-state index is 11.2. The molecular weight excluding hydrogens is 228 g/mol. The zero-order chi connectivity index (χ0) is 13.0. The Labute approximate surface area is 108 Å². The molecule has 0 spiro atoms. The van der Waals surface area contributed by atoms with Gasteiger partial charge in [0.25, 0.3) is 0 Å². The van der Waals surface area contributed by atoms with Gasteiger partial charge >= 0.3 is 0 Å². The van der Waals surface area contributed by atoms with Gasteiger partial charge in [0.1, 0.15) is 5.75 Å². The van der Waals surface area contributed by atoms with Crippen molar-refractivity contribution in [2.45, 2.75) is 31.7 Å². The first-order valence-electron chi connectivity index (χ1n) is 6.46. The minimum Gasteiger partial charge on any atom is -0.494 e. The molecule has 3 N–H and O–H groups in total. The van der Waals surface area contributed by atoms with E-state index in [2.05, 4.69) is 17.4 Å². The number of hydrogen-bond acceptors (Lipinski definition) is 3. The molecule has 1 heterocycles. The van der Waals surface area contributed by atoms with Crippen molar-refractivity contribution in [1.82, 2.24) is 5.32 Å². The van der Waals surface area contributed by atoms with E-state index in [0.717, 1.165) is 25.1 Å². The fourth-order valence-electron chi connectivity index (χ4n) is 2.46. The number of piperidine rings is 1. The number of ether oxygens (including phenoxy) is 1. The monoisotopic (exact) mass is 248 g/mol. The summed E-state index contributed by atoms with van der Waals surface area (Å²) in [4.78, 5) is 11.2. The van der Waals surface area contributed by atoms with Crippen LogP contribution < -0.4 is 15.8 Å². The average Bonchev–Trinajstić information content (AvgIpc) is 2.39. The standard InChI is InChI=1S/C14H20N2O2/c1-2-18-12-5-3-4-10(8-12)11-6-7-16-13(9-11)14(15)17/h3-5,8,11,13,16H,2,6-7,9H2,1H3,(H2,15,17). The molecule has 1 aromatic carbocycles. The van der Waals surface area contributed by atoms with E-state index in [9.17, 15) is 4.79 Å². The third-order valence-electron chi connectivity index (χ3n) is 3.39. The van der Waals surface area contributed by atoms with Crippen molar-refractivity contribution >= 4 is 5.91 Å². The molecule has 0 radical (unpaired) electrons. The fraction of sp³-hybridized carbons (Fsp3) is 0.500. The Morgan fingerprint density at radius 3 is 3.11 bits per heavy atom. The van der Waals surface area contributed by atoms with Crippen molar-refractivity contribution in [3.63, 3.8) is 0 Å². The molecule has 0 saturated carbocycles. The molecule has 0 aliphatic carbocycles. The highest BCUT2D eigenvalue weighted by Gasteiger charge is 2.26. The molecule has 0 bridgehead atoms. The highest BCUT2D eigenvalue weighted by molar-refractivity contribution is 5.80. The molecule has 0 aromatic heterocycles. The third-order valence-corrected chi connectivity index (χ3v) is 3.39. The molecule has 2 unspecified atom stereocenters. The lowest BCUT2D eigenvalue weighted by molar-refractivity contribution is -0.120. The Bertz CT molecular complexity index is 420. The van der Waals surface area contributed by atoms with Crippen LogP contribution in [0, 0.1) is 0 Å². The summed E-state index contributed by atoms with van der Waals surface area (Å²) in [6.07, 6.45) is 1.80. The van der Waals surface area contributed by atoms with Crippen molar-refractivity contribution in [2.75, 3.05) is 13.2 Å². The van der Waals surface area contributed by atoms with Crippen LogP contribution in [0.5, 0.6) is 5.75 Å². The predicted molar refractivity (Wildman–Crippen MR) is 70.6 cm³/mol. The number of nitrogens with one attached hydrogen (secondary N) is 1. The summed E-state index contributed by atoms with van der Waals surface area (Å²) in [5.41, 5.74) is 6.59. The van der Waals surface area contributed by atoms with Crippen molar-refractivity contribution in [1.29, 1.82) is 0 Å². The first-order chi connectivity index (χ1) is 8.70. The largest absolute Gasteiger partial charge is 0.494 e. The summed E-state index contributed by atoms with van der Waals surface area (Å²) >= 11 is 0. The van der Waals surface area contributed by atoms with E-state index in [0.29, 0.717) is 12.5 Å². The Kier molecular flexibility index (Phi) is 4.20. The number of carbonyl (C=O) groups is 1. The number of nitrogens with two attached hydrogens (primary N) is 1. The first-order valence-corrected chi connectivity index (χ1v) is 6.46. The minimum absolute atomic E-state index is 0.209. The Morgan fingerprint density at radius 2 is 2.39 bits per heavy atom. The molecular formula is C14H20N2O2. The summed E-state index contributed by atoms with van der Waals surface area (Å²) in [5, 5.41) is 3.15. The van der Waals surface area contributed by atoms with E-state index >= 15 is 0 Å². The summed E-state index contributed by atoms with van der Waals surface area (Å²) in [6.45, 7) is 3.47. The van der Waals surface area contributed by atoms with Gasteiger partial charge in [-0.05, 0) is 49.9 Å². The molecule has 4 nitrogen and oxygen atoms in total. The number of amides is 1. The first kappa shape index (κ1) is 12.9. The van der Waals surface area contributed by atoms with Gasteiger partial charge in [0, 0.05) is 0 Å². The smallest absolute Gasteiger partial charge is 0.234 e. The minimum atomic E-state index is -0.263. The summed E-state index contributed by atoms with van der Waals surface area (Å²) in [5.74, 6) is 1.01. The second-order valence-corrected chi connectivity index (χ2v) is 4.64. The summed E-state index contributed by atoms with van der Waals surface area (Å²) in [6, 6.07) is 7.91. The van der Waals surface area contributed by atoms with Crippen LogP contribution in [-0.4, -0.2) is 25.1 Å². The highest BCUT2D eigenvalue weighted by atomic mass is 16.5. The lowest BCUT2D eigenvalue weighted by Crippen LogP contribution is -2.46. The normalized spacial score (nSPS) is 23.6. The number of rotatable bonds is 4. The van der Waals surface area contributed by atoms with E-state index in [-0.39, 0.29) is 11.9 Å². The van der Waals surface area contributed by atoms with Gasteiger partial charge in [-0.3, -0.25) is 4.79 Å². The zero-order valence-electron chi connectivity index (χ0n) is 10.7. The number of benzene rings is 1. The number of primary amides is 1. The Morgan fingerprint density at radius 1 is 1.56 bits per heavy atom. The lowest BCUT2D eigenvalue weighted by Gasteiger charge is -2.28. The third kappa shape index (κ3) is 3.01. The number of hydrogen-bond donors (Lipinski definition) is 2. The average molecular weight is 248 g/mol. The van der Waals surface area contributed by atoms with Crippen molar-refractivity contribution < 1.29 is 9.53 Å². The van der Waals surface area contributed by atoms with E-state index in [1.54, 1.807) is 0 Å². The summed E-state index contributed by atoms with van der Waals surface area (Å²) in [7, 11) is 0. The van der Waals surface area contributed by atoms with Crippen LogP contribution in [0.2, 0.25) is 0 Å². The molecule has 4 heteroatoms. The van der Waals surface area contributed by atoms with Crippen LogP contribution >= 0.6 is 0 Å². The molecule has 1 aliphatic rings. The molecule has 1 aliphatic heterocycles. The summed E-state index contributed by atoms with van der Waals surface area (Å²) < 4.78 is 5.50. The van der Waals surface area contributed by atoms with Crippen molar-refractivity contribution in [2.24, 2.45) is 5.73 Å². The van der Waals surface area contributed by atoms with Crippen LogP contribution in [0.1, 0.15) is 31.2 Å². The Balaban J connectivity index is 2.10. The fourth-order valence-corrected chi connectivity index (χ4v) is 2.46. The van der Waals surface area contributed by atoms with Gasteiger partial charge in [0.15, 0.2) is 0 Å². The maximum absolute atomic E-state index is 11.2. The molecule has 1 aromatic rings. The quantitative estimate of drug-likeness (QED) is 0.846. The SMILES string of the molecule is CCOc1cccc(C2CCNC(C(N)=O)C2)c1. The van der Waals surface area contributed by atoms with Crippen LogP contribution in [0.25, 0.3) is 0 Å². The second kappa shape index (κ2) is 5.87. The molecule has 1 fully saturated rings. The van der Waals surface area contributed by atoms with Crippen molar-refractivity contribution in [3.05, 3.63) is 29.8 Å². The van der Waals surface area contributed by atoms with Gasteiger partial charge in [0.2, 0.25) is 5.91 Å². The van der Waals surface area contributed by atoms with Crippen LogP contribution in [-0.2, 0) is 4.79 Å². The molecule has 18 heavy (non-hydrogen) atoms. The van der Waals surface area contributed by atoms with E-state index in [1.807, 2.05) is 19.1 Å². The topological polar surface area (TPSA) is 64.3 Å². The second-order valence-electron chi connectivity index (χ2n) is 4.64. The number of carbonyl (C=O) groups excluding carboxylic acids is 1. The maximum Gasteiger partial charge on any atom is 0.234 e. The van der Waals surface area contributed by atoms with E-state index in [4.69, 9.17) is 10.5 Å². The highest BCUT2D eigenvalue weighted by Crippen LogP contribution is 2.29. The molecule has 2 atom stereocenters. The van der Waals surface area contributed by atoms with Gasteiger partial charge in [-0.1, -0.05) is 12.1 Å². The van der Waals surface area contributed by atoms with Crippen LogP contribution in [0.3, 0.4) is 0 Å². The van der Waals surface area contributed by atoms with Crippen LogP contribution in [0.4, 0.5) is 0 Å². The van der Waals surface area contributed by atoms with Gasteiger partial charge in [-0.15, -0.1) is 0 Å². The molecule has 1 saturated heterocycles. The van der Waals surface area contributed by atoms with E-state index < -0.39 is 0 Å². The van der Waals surface area contributed by atoms with Gasteiger partial charge in [0.05, 0.1) is 12.6 Å². The molecule has 98 valence electrons. The molecule has 1 amide bonds. The zero-order valence-corrected chi connectivity index (χ0v) is 10.7. The van der Waals surface area contributed by atoms with Gasteiger partial charge in [-0.25, -0.2) is 0 Å².